The zero-order chi connectivity index (χ0) is 17.8. The van der Waals surface area contributed by atoms with Gasteiger partial charge in [-0.25, -0.2) is 0 Å². The average Bonchev–Trinajstić information content (AvgIpc) is 2.72. The fourth-order valence-corrected chi connectivity index (χ4v) is 4.20. The van der Waals surface area contributed by atoms with Gasteiger partial charge in [0.05, 0.1) is 6.04 Å². The summed E-state index contributed by atoms with van der Waals surface area (Å²) >= 11 is 0. The Morgan fingerprint density at radius 3 is 2.44 bits per heavy atom. The van der Waals surface area contributed by atoms with Crippen LogP contribution in [0.3, 0.4) is 0 Å². The molecule has 27 heavy (non-hydrogen) atoms. The second kappa shape index (κ2) is 9.36. The molecule has 5 heteroatoms. The van der Waals surface area contributed by atoms with Crippen LogP contribution >= 0.6 is 12.4 Å². The second-order valence-corrected chi connectivity index (χ2v) is 7.18. The van der Waals surface area contributed by atoms with Crippen LogP contribution in [0.15, 0.2) is 54.6 Å². The molecule has 2 aliphatic heterocycles. The summed E-state index contributed by atoms with van der Waals surface area (Å²) in [5, 5.41) is 3.31. The Kier molecular flexibility index (Phi) is 6.89. The van der Waals surface area contributed by atoms with E-state index in [1.54, 1.807) is 0 Å². The van der Waals surface area contributed by atoms with E-state index >= 15 is 0 Å². The number of carbonyl (C=O) groups excluding carboxylic acids is 1. The maximum absolute atomic E-state index is 12.6. The van der Waals surface area contributed by atoms with Crippen molar-refractivity contribution in [2.24, 2.45) is 0 Å². The van der Waals surface area contributed by atoms with E-state index in [0.717, 1.165) is 45.7 Å². The van der Waals surface area contributed by atoms with E-state index < -0.39 is 0 Å². The molecule has 0 radical (unpaired) electrons. The SMILES string of the molecule is Cl.O=C(CCN1CCc2ccccc2C1c1ccccc1)N1CCNCC1. The first kappa shape index (κ1) is 19.9. The number of benzene rings is 2. The van der Waals surface area contributed by atoms with E-state index in [1.165, 1.54) is 16.7 Å². The van der Waals surface area contributed by atoms with E-state index in [9.17, 15) is 4.79 Å². The van der Waals surface area contributed by atoms with Gasteiger partial charge >= 0.3 is 0 Å². The van der Waals surface area contributed by atoms with Crippen molar-refractivity contribution in [1.82, 2.24) is 15.1 Å². The highest BCUT2D eigenvalue weighted by Crippen LogP contribution is 2.35. The molecule has 1 amide bonds. The number of rotatable bonds is 4. The van der Waals surface area contributed by atoms with Crippen LogP contribution in [0.2, 0.25) is 0 Å². The van der Waals surface area contributed by atoms with Gasteiger partial charge in [0.1, 0.15) is 0 Å². The third kappa shape index (κ3) is 4.52. The van der Waals surface area contributed by atoms with E-state index in [0.29, 0.717) is 6.42 Å². The van der Waals surface area contributed by atoms with E-state index in [2.05, 4.69) is 64.8 Å². The van der Waals surface area contributed by atoms with Crippen molar-refractivity contribution in [2.75, 3.05) is 39.3 Å². The first-order valence-corrected chi connectivity index (χ1v) is 9.68. The molecule has 144 valence electrons. The Morgan fingerprint density at radius 2 is 1.67 bits per heavy atom. The van der Waals surface area contributed by atoms with Crippen molar-refractivity contribution < 1.29 is 4.79 Å². The van der Waals surface area contributed by atoms with Gasteiger partial charge in [-0.15, -0.1) is 12.4 Å². The highest BCUT2D eigenvalue weighted by atomic mass is 35.5. The normalized spacial score (nSPS) is 19.9. The smallest absolute Gasteiger partial charge is 0.223 e. The number of nitrogens with one attached hydrogen (secondary N) is 1. The van der Waals surface area contributed by atoms with Gasteiger partial charge in [0.2, 0.25) is 5.91 Å². The van der Waals surface area contributed by atoms with Crippen LogP contribution < -0.4 is 5.32 Å². The molecule has 1 fully saturated rings. The Hall–Kier alpha value is -1.88. The summed E-state index contributed by atoms with van der Waals surface area (Å²) in [7, 11) is 0. The maximum Gasteiger partial charge on any atom is 0.223 e. The largest absolute Gasteiger partial charge is 0.340 e. The van der Waals surface area contributed by atoms with Crippen LogP contribution in [-0.2, 0) is 11.2 Å². The second-order valence-electron chi connectivity index (χ2n) is 7.18. The minimum Gasteiger partial charge on any atom is -0.340 e. The van der Waals surface area contributed by atoms with Crippen molar-refractivity contribution in [3.63, 3.8) is 0 Å². The third-order valence-electron chi connectivity index (χ3n) is 5.58. The van der Waals surface area contributed by atoms with Crippen molar-refractivity contribution in [1.29, 1.82) is 0 Å². The molecule has 2 aliphatic rings. The number of carbonyl (C=O) groups is 1. The number of piperazine rings is 1. The van der Waals surface area contributed by atoms with Gasteiger partial charge < -0.3 is 10.2 Å². The molecule has 4 rings (SSSR count). The van der Waals surface area contributed by atoms with Gasteiger partial charge in [-0.3, -0.25) is 9.69 Å². The van der Waals surface area contributed by atoms with E-state index in [4.69, 9.17) is 0 Å². The molecule has 2 aromatic carbocycles. The highest BCUT2D eigenvalue weighted by molar-refractivity contribution is 5.85. The van der Waals surface area contributed by atoms with Gasteiger partial charge in [-0.2, -0.15) is 0 Å². The molecule has 0 bridgehead atoms. The van der Waals surface area contributed by atoms with Crippen LogP contribution in [-0.4, -0.2) is 55.0 Å². The first-order valence-electron chi connectivity index (χ1n) is 9.68. The van der Waals surface area contributed by atoms with Gasteiger partial charge in [-0.1, -0.05) is 54.6 Å². The summed E-state index contributed by atoms with van der Waals surface area (Å²) < 4.78 is 0. The Bertz CT molecular complexity index is 746. The van der Waals surface area contributed by atoms with Gasteiger partial charge in [-0.05, 0) is 23.1 Å². The van der Waals surface area contributed by atoms with Gasteiger partial charge in [0, 0.05) is 45.7 Å². The molecule has 2 aromatic rings. The molecule has 0 aromatic heterocycles. The fourth-order valence-electron chi connectivity index (χ4n) is 4.20. The fraction of sp³-hybridized carbons (Fsp3) is 0.409. The van der Waals surface area contributed by atoms with Crippen molar-refractivity contribution in [2.45, 2.75) is 18.9 Å². The summed E-state index contributed by atoms with van der Waals surface area (Å²) in [5.41, 5.74) is 4.14. The molecule has 0 spiro atoms. The molecule has 4 nitrogen and oxygen atoms in total. The number of halogens is 1. The Morgan fingerprint density at radius 1 is 0.963 bits per heavy atom. The highest BCUT2D eigenvalue weighted by Gasteiger charge is 2.29. The minimum absolute atomic E-state index is 0. The topological polar surface area (TPSA) is 35.6 Å². The number of nitrogens with zero attached hydrogens (tertiary/aromatic N) is 2. The lowest BCUT2D eigenvalue weighted by Crippen LogP contribution is -2.47. The molecule has 0 aliphatic carbocycles. The number of hydrogen-bond acceptors (Lipinski definition) is 3. The predicted molar refractivity (Wildman–Crippen MR) is 111 cm³/mol. The molecular weight excluding hydrogens is 358 g/mol. The lowest BCUT2D eigenvalue weighted by molar-refractivity contribution is -0.132. The van der Waals surface area contributed by atoms with E-state index in [1.807, 2.05) is 4.90 Å². The monoisotopic (exact) mass is 385 g/mol. The van der Waals surface area contributed by atoms with Crippen LogP contribution in [0.25, 0.3) is 0 Å². The molecule has 2 heterocycles. The average molecular weight is 386 g/mol. The van der Waals surface area contributed by atoms with Gasteiger partial charge in [0.15, 0.2) is 0 Å². The summed E-state index contributed by atoms with van der Waals surface area (Å²) in [4.78, 5) is 17.1. The predicted octanol–water partition coefficient (Wildman–Crippen LogP) is 2.88. The maximum atomic E-state index is 12.6. The van der Waals surface area contributed by atoms with E-state index in [-0.39, 0.29) is 24.4 Å². The van der Waals surface area contributed by atoms with Crippen LogP contribution in [0.4, 0.5) is 0 Å². The first-order chi connectivity index (χ1) is 12.8. The number of amides is 1. The standard InChI is InChI=1S/C22H27N3O.ClH/c26-21(24-16-12-23-13-17-24)11-15-25-14-10-18-6-4-5-9-20(18)22(25)19-7-2-1-3-8-19;/h1-9,22-23H,10-17H2;1H. The number of fused-ring (bicyclic) bond motifs is 1. The Labute approximate surface area is 168 Å². The quantitative estimate of drug-likeness (QED) is 0.879. The summed E-state index contributed by atoms with van der Waals surface area (Å²) in [6.45, 7) is 5.32. The zero-order valence-corrected chi connectivity index (χ0v) is 16.5. The van der Waals surface area contributed by atoms with Gasteiger partial charge in [0.25, 0.3) is 0 Å². The van der Waals surface area contributed by atoms with Crippen molar-refractivity contribution >= 4 is 18.3 Å². The lowest BCUT2D eigenvalue weighted by atomic mass is 9.88. The number of hydrogen-bond donors (Lipinski definition) is 1. The van der Waals surface area contributed by atoms with Crippen LogP contribution in [0.5, 0.6) is 0 Å². The summed E-state index contributed by atoms with van der Waals surface area (Å²) in [6, 6.07) is 19.7. The van der Waals surface area contributed by atoms with Crippen LogP contribution in [0, 0.1) is 0 Å². The lowest BCUT2D eigenvalue weighted by Gasteiger charge is -2.38. The Balaban J connectivity index is 0.00000210. The van der Waals surface area contributed by atoms with Crippen LogP contribution in [0.1, 0.15) is 29.2 Å². The zero-order valence-electron chi connectivity index (χ0n) is 15.6. The van der Waals surface area contributed by atoms with Crippen molar-refractivity contribution in [3.8, 4) is 0 Å². The molecule has 1 unspecified atom stereocenters. The minimum atomic E-state index is 0. The molecule has 1 saturated heterocycles. The molecular formula is C22H28ClN3O. The third-order valence-corrected chi connectivity index (χ3v) is 5.58. The van der Waals surface area contributed by atoms with Crippen molar-refractivity contribution in [3.05, 3.63) is 71.3 Å². The molecule has 1 atom stereocenters. The summed E-state index contributed by atoms with van der Waals surface area (Å²) in [5.74, 6) is 0.289. The molecule has 0 saturated carbocycles. The molecule has 1 N–H and O–H groups in total. The summed E-state index contributed by atoms with van der Waals surface area (Å²) in [6.07, 6.45) is 1.66.